The normalized spacial score (nSPS) is 15.5. The van der Waals surface area contributed by atoms with E-state index in [9.17, 15) is 9.59 Å². The lowest BCUT2D eigenvalue weighted by molar-refractivity contribution is -0.127. The maximum Gasteiger partial charge on any atom is 0.268 e. The van der Waals surface area contributed by atoms with E-state index >= 15 is 0 Å². The molecule has 2 heterocycles. The van der Waals surface area contributed by atoms with E-state index in [4.69, 9.17) is 16.3 Å². The summed E-state index contributed by atoms with van der Waals surface area (Å²) in [5.74, 6) is -0.0275. The molecule has 8 heteroatoms. The van der Waals surface area contributed by atoms with Crippen LogP contribution >= 0.6 is 22.9 Å². The second-order valence-electron chi connectivity index (χ2n) is 7.08. The molecule has 0 fully saturated rings. The third-order valence-electron chi connectivity index (χ3n) is 4.93. The predicted octanol–water partition coefficient (Wildman–Crippen LogP) is 4.83. The molecule has 1 unspecified atom stereocenters. The molecule has 154 valence electrons. The minimum Gasteiger partial charge on any atom is -0.479 e. The number of hydrogen-bond donors (Lipinski definition) is 1. The van der Waals surface area contributed by atoms with Gasteiger partial charge in [-0.15, -0.1) is 11.3 Å². The maximum atomic E-state index is 12.8. The molecule has 0 saturated carbocycles. The number of nitrogens with zero attached hydrogens (tertiary/aromatic N) is 2. The molecular formula is C22H20ClN3O3S. The van der Waals surface area contributed by atoms with Gasteiger partial charge in [0.1, 0.15) is 12.3 Å². The highest BCUT2D eigenvalue weighted by atomic mass is 35.5. The number of fused-ring (bicyclic) bond motifs is 1. The van der Waals surface area contributed by atoms with Gasteiger partial charge in [0, 0.05) is 21.7 Å². The molecule has 2 aromatic carbocycles. The van der Waals surface area contributed by atoms with Crippen molar-refractivity contribution in [2.75, 3.05) is 16.8 Å². The average Bonchev–Trinajstić information content (AvgIpc) is 3.15. The number of aryl methyl sites for hydroxylation is 1. The van der Waals surface area contributed by atoms with Crippen molar-refractivity contribution >= 4 is 46.1 Å². The standard InChI is InChI=1S/C22H20ClN3O3S/c1-12-16(23)5-4-6-17(12)25-21(27)10-26-19-9-15(18-11-30-14(3)24-18)7-8-20(19)29-13(2)22(26)28/h4-9,11,13H,10H2,1-3H3,(H,25,27). The molecular weight excluding hydrogens is 422 g/mol. The summed E-state index contributed by atoms with van der Waals surface area (Å²) in [4.78, 5) is 31.6. The number of ether oxygens (including phenoxy) is 1. The lowest BCUT2D eigenvalue weighted by Gasteiger charge is -2.33. The second kappa shape index (κ2) is 8.08. The van der Waals surface area contributed by atoms with Crippen LogP contribution < -0.4 is 15.0 Å². The van der Waals surface area contributed by atoms with Crippen molar-refractivity contribution in [1.29, 1.82) is 0 Å². The van der Waals surface area contributed by atoms with Gasteiger partial charge in [-0.3, -0.25) is 14.5 Å². The Balaban J connectivity index is 1.63. The fourth-order valence-electron chi connectivity index (χ4n) is 3.30. The van der Waals surface area contributed by atoms with Crippen molar-refractivity contribution in [2.45, 2.75) is 26.9 Å². The highest BCUT2D eigenvalue weighted by molar-refractivity contribution is 7.09. The molecule has 1 N–H and O–H groups in total. The number of amides is 2. The first-order chi connectivity index (χ1) is 14.3. The van der Waals surface area contributed by atoms with Crippen LogP contribution in [-0.4, -0.2) is 29.4 Å². The van der Waals surface area contributed by atoms with Gasteiger partial charge in [0.25, 0.3) is 5.91 Å². The lowest BCUT2D eigenvalue weighted by Crippen LogP contribution is -2.47. The Morgan fingerprint density at radius 3 is 2.83 bits per heavy atom. The maximum absolute atomic E-state index is 12.8. The van der Waals surface area contributed by atoms with Crippen LogP contribution in [0.25, 0.3) is 11.3 Å². The van der Waals surface area contributed by atoms with Gasteiger partial charge >= 0.3 is 0 Å². The number of carbonyl (C=O) groups is 2. The summed E-state index contributed by atoms with van der Waals surface area (Å²) in [5, 5.41) is 6.33. The van der Waals surface area contributed by atoms with Crippen LogP contribution in [0.1, 0.15) is 17.5 Å². The molecule has 0 aliphatic carbocycles. The Labute approximate surface area is 183 Å². The Morgan fingerprint density at radius 1 is 1.30 bits per heavy atom. The van der Waals surface area contributed by atoms with Crippen molar-refractivity contribution < 1.29 is 14.3 Å². The molecule has 1 aromatic heterocycles. The first kappa shape index (κ1) is 20.4. The number of nitrogens with one attached hydrogen (secondary N) is 1. The van der Waals surface area contributed by atoms with Crippen LogP contribution in [0.3, 0.4) is 0 Å². The van der Waals surface area contributed by atoms with E-state index in [2.05, 4.69) is 10.3 Å². The summed E-state index contributed by atoms with van der Waals surface area (Å²) in [7, 11) is 0. The fourth-order valence-corrected chi connectivity index (χ4v) is 4.10. The largest absolute Gasteiger partial charge is 0.479 e. The third kappa shape index (κ3) is 3.91. The monoisotopic (exact) mass is 441 g/mol. The van der Waals surface area contributed by atoms with Crippen molar-refractivity contribution in [2.24, 2.45) is 0 Å². The molecule has 0 bridgehead atoms. The average molecular weight is 442 g/mol. The Morgan fingerprint density at radius 2 is 2.10 bits per heavy atom. The van der Waals surface area contributed by atoms with Crippen LogP contribution in [-0.2, 0) is 9.59 Å². The van der Waals surface area contributed by atoms with Crippen molar-refractivity contribution in [3.8, 4) is 17.0 Å². The first-order valence-electron chi connectivity index (χ1n) is 9.43. The van der Waals surface area contributed by atoms with E-state index in [-0.39, 0.29) is 18.4 Å². The molecule has 0 radical (unpaired) electrons. The number of carbonyl (C=O) groups excluding carboxylic acids is 2. The molecule has 0 saturated heterocycles. The topological polar surface area (TPSA) is 71.5 Å². The minimum atomic E-state index is -0.675. The van der Waals surface area contributed by atoms with Gasteiger partial charge in [0.2, 0.25) is 5.91 Å². The fraction of sp³-hybridized carbons (Fsp3) is 0.227. The molecule has 6 nitrogen and oxygen atoms in total. The van der Waals surface area contributed by atoms with Gasteiger partial charge < -0.3 is 10.1 Å². The number of benzene rings is 2. The SMILES string of the molecule is Cc1nc(-c2ccc3c(c2)N(CC(=O)Nc2cccc(Cl)c2C)C(=O)C(C)O3)cs1. The summed E-state index contributed by atoms with van der Waals surface area (Å²) >= 11 is 7.69. The van der Waals surface area contributed by atoms with Crippen LogP contribution in [0.15, 0.2) is 41.8 Å². The predicted molar refractivity (Wildman–Crippen MR) is 120 cm³/mol. The number of hydrogen-bond acceptors (Lipinski definition) is 5. The van der Waals surface area contributed by atoms with Gasteiger partial charge in [-0.05, 0) is 56.7 Å². The molecule has 1 atom stereocenters. The molecule has 1 aliphatic heterocycles. The second-order valence-corrected chi connectivity index (χ2v) is 8.55. The number of aromatic nitrogens is 1. The summed E-state index contributed by atoms with van der Waals surface area (Å²) in [5.41, 5.74) is 3.63. The Bertz CT molecular complexity index is 1140. The van der Waals surface area contributed by atoms with Crippen LogP contribution in [0.4, 0.5) is 11.4 Å². The highest BCUT2D eigenvalue weighted by Crippen LogP contribution is 2.37. The van der Waals surface area contributed by atoms with Crippen molar-refractivity contribution in [3.63, 3.8) is 0 Å². The number of thiazole rings is 1. The van der Waals surface area contributed by atoms with E-state index in [0.717, 1.165) is 21.8 Å². The van der Waals surface area contributed by atoms with Gasteiger partial charge in [-0.25, -0.2) is 4.98 Å². The molecule has 0 spiro atoms. The minimum absolute atomic E-state index is 0.134. The summed E-state index contributed by atoms with van der Waals surface area (Å²) in [6.45, 7) is 5.31. The van der Waals surface area contributed by atoms with E-state index in [1.807, 2.05) is 37.4 Å². The van der Waals surface area contributed by atoms with Gasteiger partial charge in [0.05, 0.1) is 16.4 Å². The Hall–Kier alpha value is -2.90. The van der Waals surface area contributed by atoms with Crippen LogP contribution in [0.2, 0.25) is 5.02 Å². The zero-order valence-electron chi connectivity index (χ0n) is 16.7. The molecule has 3 aromatic rings. The van der Waals surface area contributed by atoms with E-state index < -0.39 is 6.10 Å². The quantitative estimate of drug-likeness (QED) is 0.629. The zero-order chi connectivity index (χ0) is 21.4. The lowest BCUT2D eigenvalue weighted by atomic mass is 10.1. The highest BCUT2D eigenvalue weighted by Gasteiger charge is 2.33. The van der Waals surface area contributed by atoms with E-state index in [0.29, 0.717) is 22.1 Å². The van der Waals surface area contributed by atoms with E-state index in [1.165, 1.54) is 4.90 Å². The third-order valence-corrected chi connectivity index (χ3v) is 6.11. The van der Waals surface area contributed by atoms with Gasteiger partial charge in [-0.1, -0.05) is 17.7 Å². The summed E-state index contributed by atoms with van der Waals surface area (Å²) in [6.07, 6.45) is -0.675. The summed E-state index contributed by atoms with van der Waals surface area (Å²) in [6, 6.07) is 10.9. The number of rotatable bonds is 4. The number of halogens is 1. The van der Waals surface area contributed by atoms with Crippen LogP contribution in [0, 0.1) is 13.8 Å². The smallest absolute Gasteiger partial charge is 0.268 e. The van der Waals surface area contributed by atoms with Gasteiger partial charge in [-0.2, -0.15) is 0 Å². The molecule has 2 amide bonds. The molecule has 4 rings (SSSR count). The first-order valence-corrected chi connectivity index (χ1v) is 10.7. The number of anilines is 2. The van der Waals surface area contributed by atoms with E-state index in [1.54, 1.807) is 36.5 Å². The van der Waals surface area contributed by atoms with Crippen LogP contribution in [0.5, 0.6) is 5.75 Å². The van der Waals surface area contributed by atoms with Crippen molar-refractivity contribution in [3.05, 3.63) is 57.4 Å². The Kier molecular flexibility index (Phi) is 5.49. The molecule has 1 aliphatic rings. The summed E-state index contributed by atoms with van der Waals surface area (Å²) < 4.78 is 5.75. The molecule has 30 heavy (non-hydrogen) atoms. The zero-order valence-corrected chi connectivity index (χ0v) is 18.3. The van der Waals surface area contributed by atoms with Crippen molar-refractivity contribution in [1.82, 2.24) is 4.98 Å². The van der Waals surface area contributed by atoms with Gasteiger partial charge in [0.15, 0.2) is 6.10 Å².